The van der Waals surface area contributed by atoms with Crippen LogP contribution in [0.2, 0.25) is 0 Å². The van der Waals surface area contributed by atoms with Crippen LogP contribution in [0, 0.1) is 20.8 Å². The van der Waals surface area contributed by atoms with Crippen molar-refractivity contribution < 1.29 is 9.90 Å². The molecule has 0 spiro atoms. The van der Waals surface area contributed by atoms with Crippen LogP contribution in [0.5, 0.6) is 5.75 Å². The zero-order valence-corrected chi connectivity index (χ0v) is 13.8. The number of H-pyrrole nitrogens is 1. The number of carbonyl (C=O) groups is 1. The molecule has 0 aliphatic heterocycles. The van der Waals surface area contributed by atoms with E-state index in [1.54, 1.807) is 18.2 Å². The van der Waals surface area contributed by atoms with Gasteiger partial charge in [0.25, 0.3) is 5.91 Å². The first-order chi connectivity index (χ1) is 11.4. The molecule has 1 aromatic heterocycles. The highest BCUT2D eigenvalue weighted by Crippen LogP contribution is 2.29. The van der Waals surface area contributed by atoms with Crippen LogP contribution >= 0.6 is 0 Å². The Morgan fingerprint density at radius 3 is 2.50 bits per heavy atom. The maximum Gasteiger partial charge on any atom is 0.273 e. The van der Waals surface area contributed by atoms with Gasteiger partial charge in [0, 0.05) is 11.3 Å². The molecular formula is C19H19N3O2. The second-order valence-electron chi connectivity index (χ2n) is 5.96. The van der Waals surface area contributed by atoms with Crippen LogP contribution in [0.3, 0.4) is 0 Å². The third-order valence-electron chi connectivity index (χ3n) is 3.89. The van der Waals surface area contributed by atoms with E-state index in [9.17, 15) is 9.90 Å². The Hall–Kier alpha value is -3.08. The van der Waals surface area contributed by atoms with Crippen LogP contribution in [-0.2, 0) is 0 Å². The zero-order chi connectivity index (χ0) is 17.3. The van der Waals surface area contributed by atoms with Crippen molar-refractivity contribution in [2.45, 2.75) is 20.8 Å². The number of hydrogen-bond acceptors (Lipinski definition) is 3. The minimum atomic E-state index is -0.269. The molecule has 0 bridgehead atoms. The van der Waals surface area contributed by atoms with E-state index in [2.05, 4.69) is 15.5 Å². The van der Waals surface area contributed by atoms with Crippen molar-refractivity contribution in [2.75, 3.05) is 5.32 Å². The Kier molecular flexibility index (Phi) is 4.08. The Bertz CT molecular complexity index is 913. The van der Waals surface area contributed by atoms with Crippen LogP contribution in [0.15, 0.2) is 42.5 Å². The van der Waals surface area contributed by atoms with Gasteiger partial charge in [-0.1, -0.05) is 18.2 Å². The lowest BCUT2D eigenvalue weighted by Crippen LogP contribution is -2.13. The maximum atomic E-state index is 12.4. The number of aromatic hydroxyl groups is 1. The second kappa shape index (κ2) is 6.20. The molecular weight excluding hydrogens is 302 g/mol. The number of phenolic OH excluding ortho intramolecular Hbond substituents is 1. The molecule has 1 heterocycles. The molecule has 5 nitrogen and oxygen atoms in total. The van der Waals surface area contributed by atoms with E-state index in [1.807, 2.05) is 45.0 Å². The SMILES string of the molecule is Cc1ccc(-c2cc(C(=O)Nc3cc(C)ccc3C)[nH]n2)c(O)c1. The fourth-order valence-corrected chi connectivity index (χ4v) is 2.49. The Balaban J connectivity index is 1.85. The van der Waals surface area contributed by atoms with Crippen molar-refractivity contribution >= 4 is 11.6 Å². The highest BCUT2D eigenvalue weighted by atomic mass is 16.3. The van der Waals surface area contributed by atoms with Gasteiger partial charge >= 0.3 is 0 Å². The predicted molar refractivity (Wildman–Crippen MR) is 94.3 cm³/mol. The van der Waals surface area contributed by atoms with Crippen LogP contribution in [0.25, 0.3) is 11.3 Å². The van der Waals surface area contributed by atoms with Gasteiger partial charge in [0.15, 0.2) is 0 Å². The number of amides is 1. The molecule has 5 heteroatoms. The average molecular weight is 321 g/mol. The van der Waals surface area contributed by atoms with Gasteiger partial charge in [-0.25, -0.2) is 0 Å². The molecule has 24 heavy (non-hydrogen) atoms. The fraction of sp³-hybridized carbons (Fsp3) is 0.158. The van der Waals surface area contributed by atoms with E-state index in [0.717, 1.165) is 22.4 Å². The summed E-state index contributed by atoms with van der Waals surface area (Å²) in [6.45, 7) is 5.82. The molecule has 122 valence electrons. The molecule has 2 aromatic carbocycles. The highest BCUT2D eigenvalue weighted by molar-refractivity contribution is 6.04. The lowest BCUT2D eigenvalue weighted by molar-refractivity contribution is 0.102. The molecule has 0 radical (unpaired) electrons. The van der Waals surface area contributed by atoms with Gasteiger partial charge in [0.05, 0.1) is 5.69 Å². The molecule has 0 fully saturated rings. The topological polar surface area (TPSA) is 78.0 Å². The third-order valence-corrected chi connectivity index (χ3v) is 3.89. The number of aromatic amines is 1. The summed E-state index contributed by atoms with van der Waals surface area (Å²) in [6, 6.07) is 12.9. The van der Waals surface area contributed by atoms with Crippen LogP contribution < -0.4 is 5.32 Å². The third kappa shape index (κ3) is 3.15. The Morgan fingerprint density at radius 2 is 1.75 bits per heavy atom. The number of aryl methyl sites for hydroxylation is 3. The number of rotatable bonds is 3. The first kappa shape index (κ1) is 15.8. The number of benzene rings is 2. The van der Waals surface area contributed by atoms with Crippen LogP contribution in [0.4, 0.5) is 5.69 Å². The molecule has 0 saturated heterocycles. The summed E-state index contributed by atoms with van der Waals surface area (Å²) in [5.41, 5.74) is 5.25. The van der Waals surface area contributed by atoms with Crippen molar-refractivity contribution in [2.24, 2.45) is 0 Å². The summed E-state index contributed by atoms with van der Waals surface area (Å²) in [7, 11) is 0. The van der Waals surface area contributed by atoms with E-state index >= 15 is 0 Å². The minimum absolute atomic E-state index is 0.142. The van der Waals surface area contributed by atoms with Gasteiger partial charge in [-0.05, 0) is 61.7 Å². The minimum Gasteiger partial charge on any atom is -0.507 e. The molecule has 1 amide bonds. The van der Waals surface area contributed by atoms with Gasteiger partial charge < -0.3 is 10.4 Å². The quantitative estimate of drug-likeness (QED) is 0.683. The van der Waals surface area contributed by atoms with Crippen LogP contribution in [0.1, 0.15) is 27.2 Å². The lowest BCUT2D eigenvalue weighted by Gasteiger charge is -2.08. The summed E-state index contributed by atoms with van der Waals surface area (Å²) < 4.78 is 0. The van der Waals surface area contributed by atoms with E-state index in [0.29, 0.717) is 17.0 Å². The molecule has 3 N–H and O–H groups in total. The summed E-state index contributed by atoms with van der Waals surface area (Å²) in [4.78, 5) is 12.4. The number of anilines is 1. The van der Waals surface area contributed by atoms with Gasteiger partial charge in [-0.3, -0.25) is 9.89 Å². The van der Waals surface area contributed by atoms with E-state index in [1.165, 1.54) is 0 Å². The molecule has 0 unspecified atom stereocenters. The Morgan fingerprint density at radius 1 is 1.04 bits per heavy atom. The smallest absolute Gasteiger partial charge is 0.273 e. The molecule has 0 aliphatic carbocycles. The fourth-order valence-electron chi connectivity index (χ4n) is 2.49. The lowest BCUT2D eigenvalue weighted by atomic mass is 10.1. The molecule has 3 aromatic rings. The standard InChI is InChI=1S/C19H19N3O2/c1-11-4-6-13(3)15(8-11)20-19(24)17-10-16(21-22-17)14-7-5-12(2)9-18(14)23/h4-10,23H,1-3H3,(H,20,24)(H,21,22). The number of hydrogen-bond donors (Lipinski definition) is 3. The van der Waals surface area contributed by atoms with Crippen LogP contribution in [-0.4, -0.2) is 21.2 Å². The molecule has 0 atom stereocenters. The predicted octanol–water partition coefficient (Wildman–Crippen LogP) is 3.96. The molecule has 3 rings (SSSR count). The highest BCUT2D eigenvalue weighted by Gasteiger charge is 2.14. The van der Waals surface area contributed by atoms with Crippen molar-refractivity contribution in [1.82, 2.24) is 10.2 Å². The number of aromatic nitrogens is 2. The number of nitrogens with one attached hydrogen (secondary N) is 2. The number of nitrogens with zero attached hydrogens (tertiary/aromatic N) is 1. The number of phenols is 1. The largest absolute Gasteiger partial charge is 0.507 e. The first-order valence-corrected chi connectivity index (χ1v) is 7.68. The first-order valence-electron chi connectivity index (χ1n) is 7.68. The van der Waals surface area contributed by atoms with E-state index in [-0.39, 0.29) is 11.7 Å². The van der Waals surface area contributed by atoms with E-state index in [4.69, 9.17) is 0 Å². The summed E-state index contributed by atoms with van der Waals surface area (Å²) in [5.74, 6) is -0.128. The summed E-state index contributed by atoms with van der Waals surface area (Å²) >= 11 is 0. The normalized spacial score (nSPS) is 10.6. The zero-order valence-electron chi connectivity index (χ0n) is 13.8. The second-order valence-corrected chi connectivity index (χ2v) is 5.96. The molecule has 0 saturated carbocycles. The summed E-state index contributed by atoms with van der Waals surface area (Å²) in [5, 5.41) is 19.8. The van der Waals surface area contributed by atoms with Gasteiger partial charge in [-0.15, -0.1) is 0 Å². The van der Waals surface area contributed by atoms with Gasteiger partial charge in [0.1, 0.15) is 11.4 Å². The van der Waals surface area contributed by atoms with Crippen molar-refractivity contribution in [3.05, 3.63) is 64.8 Å². The van der Waals surface area contributed by atoms with Gasteiger partial charge in [-0.2, -0.15) is 5.10 Å². The van der Waals surface area contributed by atoms with E-state index < -0.39 is 0 Å². The number of carbonyl (C=O) groups excluding carboxylic acids is 1. The average Bonchev–Trinajstić information content (AvgIpc) is 3.00. The van der Waals surface area contributed by atoms with Crippen molar-refractivity contribution in [3.8, 4) is 17.0 Å². The summed E-state index contributed by atoms with van der Waals surface area (Å²) in [6.07, 6.45) is 0. The molecule has 0 aliphatic rings. The maximum absolute atomic E-state index is 12.4. The Labute approximate surface area is 140 Å². The monoisotopic (exact) mass is 321 g/mol. The van der Waals surface area contributed by atoms with Crippen molar-refractivity contribution in [3.63, 3.8) is 0 Å². The van der Waals surface area contributed by atoms with Crippen molar-refractivity contribution in [1.29, 1.82) is 0 Å². The van der Waals surface area contributed by atoms with Gasteiger partial charge in [0.2, 0.25) is 0 Å².